The molecule has 0 unspecified atom stereocenters. The molecule has 6 rings (SSSR count). The Morgan fingerprint density at radius 1 is 0.486 bits per heavy atom. The molecule has 0 saturated heterocycles. The summed E-state index contributed by atoms with van der Waals surface area (Å²) < 4.78 is 0. The molecule has 0 spiro atoms. The van der Waals surface area contributed by atoms with E-state index in [1.54, 1.807) is 0 Å². The zero-order chi connectivity index (χ0) is 25.0. The van der Waals surface area contributed by atoms with E-state index >= 15 is 0 Å². The molecule has 37 heavy (non-hydrogen) atoms. The summed E-state index contributed by atoms with van der Waals surface area (Å²) >= 11 is 0. The molecule has 2 heteroatoms. The van der Waals surface area contributed by atoms with Crippen molar-refractivity contribution in [3.05, 3.63) is 144 Å². The lowest BCUT2D eigenvalue weighted by Gasteiger charge is -2.28. The van der Waals surface area contributed by atoms with Gasteiger partial charge in [0.1, 0.15) is 0 Å². The van der Waals surface area contributed by atoms with Crippen LogP contribution in [0.1, 0.15) is 12.8 Å². The van der Waals surface area contributed by atoms with Gasteiger partial charge in [-0.1, -0.05) is 91.0 Å². The second-order valence-corrected chi connectivity index (χ2v) is 9.44. The predicted molar refractivity (Wildman–Crippen MR) is 158 cm³/mol. The highest BCUT2D eigenvalue weighted by Gasteiger charge is 2.15. The average molecular weight is 479 g/mol. The van der Waals surface area contributed by atoms with Crippen LogP contribution in [0, 0.1) is 0 Å². The smallest absolute Gasteiger partial charge is 0.0463 e. The number of benzene rings is 5. The Labute approximate surface area is 219 Å². The van der Waals surface area contributed by atoms with Crippen LogP contribution in [0.2, 0.25) is 0 Å². The van der Waals surface area contributed by atoms with E-state index in [2.05, 4.69) is 156 Å². The number of rotatable bonds is 6. The summed E-state index contributed by atoms with van der Waals surface area (Å²) in [4.78, 5) is 4.66. The molecule has 0 radical (unpaired) electrons. The molecule has 0 aliphatic heterocycles. The summed E-state index contributed by atoms with van der Waals surface area (Å²) in [7, 11) is 2.18. The second-order valence-electron chi connectivity index (χ2n) is 9.44. The normalized spacial score (nSPS) is 12.4. The van der Waals surface area contributed by atoms with E-state index in [1.165, 1.54) is 32.9 Å². The van der Waals surface area contributed by atoms with E-state index in [4.69, 9.17) is 0 Å². The third-order valence-corrected chi connectivity index (χ3v) is 7.16. The Morgan fingerprint density at radius 3 is 1.70 bits per heavy atom. The van der Waals surface area contributed by atoms with Crippen LogP contribution in [0.4, 0.5) is 22.7 Å². The first-order chi connectivity index (χ1) is 18.3. The van der Waals surface area contributed by atoms with Crippen LogP contribution in [0.15, 0.2) is 133 Å². The fourth-order valence-corrected chi connectivity index (χ4v) is 5.22. The van der Waals surface area contributed by atoms with E-state index < -0.39 is 0 Å². The molecule has 5 aromatic rings. The first-order valence-corrected chi connectivity index (χ1v) is 12.9. The maximum absolute atomic E-state index is 2.34. The molecule has 1 aliphatic rings. The van der Waals surface area contributed by atoms with Gasteiger partial charge < -0.3 is 9.80 Å². The monoisotopic (exact) mass is 478 g/mol. The Hall–Kier alpha value is -4.56. The molecule has 0 aromatic heterocycles. The summed E-state index contributed by atoms with van der Waals surface area (Å²) in [5, 5.41) is 2.67. The number of anilines is 4. The molecule has 0 saturated carbocycles. The largest absolute Gasteiger partial charge is 0.348 e. The van der Waals surface area contributed by atoms with Crippen molar-refractivity contribution < 1.29 is 0 Å². The quantitative estimate of drug-likeness (QED) is 0.247. The highest BCUT2D eigenvalue weighted by Crippen LogP contribution is 2.36. The van der Waals surface area contributed by atoms with Crippen molar-refractivity contribution in [2.75, 3.05) is 16.8 Å². The maximum atomic E-state index is 2.34. The van der Waals surface area contributed by atoms with Crippen molar-refractivity contribution in [3.8, 4) is 11.1 Å². The molecule has 0 atom stereocenters. The van der Waals surface area contributed by atoms with Gasteiger partial charge in [-0.05, 0) is 77.7 Å². The summed E-state index contributed by atoms with van der Waals surface area (Å²) in [5.74, 6) is 0. The van der Waals surface area contributed by atoms with Crippen LogP contribution in [0.25, 0.3) is 22.9 Å². The van der Waals surface area contributed by atoms with E-state index in [1.807, 2.05) is 0 Å². The van der Waals surface area contributed by atoms with Crippen LogP contribution >= 0.6 is 0 Å². The number of nitrogens with zero attached hydrogens (tertiary/aromatic N) is 2. The van der Waals surface area contributed by atoms with Crippen LogP contribution in [-0.2, 0) is 0 Å². The Balaban J connectivity index is 1.35. The molecule has 2 nitrogen and oxygen atoms in total. The molecule has 0 N–H and O–H groups in total. The Morgan fingerprint density at radius 2 is 1.00 bits per heavy atom. The lowest BCUT2D eigenvalue weighted by Crippen LogP contribution is -2.35. The van der Waals surface area contributed by atoms with E-state index in [-0.39, 0.29) is 0 Å². The number of para-hydroxylation sites is 1. The third kappa shape index (κ3) is 4.66. The third-order valence-electron chi connectivity index (χ3n) is 7.16. The van der Waals surface area contributed by atoms with Gasteiger partial charge in [0, 0.05) is 40.7 Å². The van der Waals surface area contributed by atoms with E-state index in [0.29, 0.717) is 0 Å². The van der Waals surface area contributed by atoms with Gasteiger partial charge in [-0.2, -0.15) is 0 Å². The van der Waals surface area contributed by atoms with Gasteiger partial charge in [0.25, 0.3) is 0 Å². The van der Waals surface area contributed by atoms with Crippen molar-refractivity contribution in [2.45, 2.75) is 12.8 Å². The minimum Gasteiger partial charge on any atom is -0.348 e. The van der Waals surface area contributed by atoms with Gasteiger partial charge in [-0.15, -0.1) is 0 Å². The molecule has 0 bridgehead atoms. The molecule has 0 fully saturated rings. The molecular formula is C35H30N2. The summed E-state index contributed by atoms with van der Waals surface area (Å²) in [6.07, 6.45) is 4.48. The molecule has 0 heterocycles. The van der Waals surface area contributed by atoms with Crippen LogP contribution in [0.3, 0.4) is 0 Å². The Kier molecular flexibility index (Phi) is 6.31. The summed E-state index contributed by atoms with van der Waals surface area (Å²) in [5.41, 5.74) is 8.44. The average Bonchev–Trinajstić information content (AvgIpc) is 2.98. The lowest BCUT2D eigenvalue weighted by atomic mass is 10.0. The molecule has 180 valence electrons. The highest BCUT2D eigenvalue weighted by molar-refractivity contribution is 5.80. The fourth-order valence-electron chi connectivity index (χ4n) is 5.22. The van der Waals surface area contributed by atoms with Crippen LogP contribution in [-0.4, -0.2) is 7.05 Å². The maximum Gasteiger partial charge on any atom is 0.0463 e. The van der Waals surface area contributed by atoms with Gasteiger partial charge in [0.15, 0.2) is 0 Å². The minimum atomic E-state index is 1.05. The van der Waals surface area contributed by atoms with Crippen molar-refractivity contribution in [3.63, 3.8) is 0 Å². The van der Waals surface area contributed by atoms with E-state index in [0.717, 1.165) is 29.9 Å². The zero-order valence-electron chi connectivity index (χ0n) is 21.1. The molecular weight excluding hydrogens is 448 g/mol. The van der Waals surface area contributed by atoms with Gasteiger partial charge in [-0.25, -0.2) is 0 Å². The SMILES string of the molecule is CN(C1=c2ccccc2=CCC1)c1ccc(N(c2ccccc2)c2ccc(-c3ccccc3)cc2)cc1. The number of hydrogen-bond acceptors (Lipinski definition) is 2. The first kappa shape index (κ1) is 22.9. The zero-order valence-corrected chi connectivity index (χ0v) is 21.1. The molecule has 0 amide bonds. The van der Waals surface area contributed by atoms with Crippen molar-refractivity contribution in [1.29, 1.82) is 0 Å². The standard InChI is InChI=1S/C35H30N2/c1-36(35-18-10-14-29-13-8-9-17-34(29)35)30-23-25-33(26-24-30)37(31-15-6-3-7-16-31)32-21-19-28(20-22-32)27-11-4-2-5-12-27/h2-9,11-17,19-26H,10,18H2,1H3. The van der Waals surface area contributed by atoms with Gasteiger partial charge in [0.2, 0.25) is 0 Å². The summed E-state index contributed by atoms with van der Waals surface area (Å²) in [6.45, 7) is 0. The van der Waals surface area contributed by atoms with Crippen molar-refractivity contribution >= 4 is 34.5 Å². The van der Waals surface area contributed by atoms with Gasteiger partial charge in [-0.3, -0.25) is 0 Å². The van der Waals surface area contributed by atoms with Gasteiger partial charge >= 0.3 is 0 Å². The Bertz CT molecular complexity index is 1600. The molecule has 5 aromatic carbocycles. The fraction of sp³-hybridized carbons (Fsp3) is 0.0857. The second kappa shape index (κ2) is 10.2. The first-order valence-electron chi connectivity index (χ1n) is 12.9. The van der Waals surface area contributed by atoms with Crippen molar-refractivity contribution in [1.82, 2.24) is 0 Å². The van der Waals surface area contributed by atoms with Crippen LogP contribution in [0.5, 0.6) is 0 Å². The van der Waals surface area contributed by atoms with E-state index in [9.17, 15) is 0 Å². The lowest BCUT2D eigenvalue weighted by molar-refractivity contribution is 1.00. The minimum absolute atomic E-state index is 1.05. The topological polar surface area (TPSA) is 6.48 Å². The van der Waals surface area contributed by atoms with Crippen molar-refractivity contribution in [2.24, 2.45) is 0 Å². The van der Waals surface area contributed by atoms with Crippen LogP contribution < -0.4 is 20.2 Å². The van der Waals surface area contributed by atoms with Gasteiger partial charge in [0.05, 0.1) is 0 Å². The number of hydrogen-bond donors (Lipinski definition) is 0. The number of fused-ring (bicyclic) bond motifs is 1. The predicted octanol–water partition coefficient (Wildman–Crippen LogP) is 7.64. The highest BCUT2D eigenvalue weighted by atomic mass is 15.1. The summed E-state index contributed by atoms with van der Waals surface area (Å²) in [6, 6.07) is 47.6. The molecule has 1 aliphatic carbocycles.